The van der Waals surface area contributed by atoms with E-state index in [9.17, 15) is 4.39 Å². The normalized spacial score (nSPS) is 20.5. The van der Waals surface area contributed by atoms with E-state index >= 15 is 0 Å². The van der Waals surface area contributed by atoms with Gasteiger partial charge in [-0.25, -0.2) is 9.82 Å². The average molecular weight is 327 g/mol. The first-order chi connectivity index (χ1) is 11.5. The summed E-state index contributed by atoms with van der Waals surface area (Å²) in [5, 5.41) is 3.60. The topological polar surface area (TPSA) is 36.1 Å². The molecule has 0 aliphatic carbocycles. The van der Waals surface area contributed by atoms with Gasteiger partial charge in [0.2, 0.25) is 0 Å². The van der Waals surface area contributed by atoms with Gasteiger partial charge in [0.1, 0.15) is 5.82 Å². The molecule has 24 heavy (non-hydrogen) atoms. The Balaban J connectivity index is 1.61. The van der Waals surface area contributed by atoms with Crippen LogP contribution in [0.4, 0.5) is 4.39 Å². The average Bonchev–Trinajstić information content (AvgIpc) is 2.99. The molecule has 0 bridgehead atoms. The molecule has 2 aromatic rings. The molecule has 2 aromatic carbocycles. The second-order valence-corrected chi connectivity index (χ2v) is 6.82. The molecule has 1 aliphatic heterocycles. The van der Waals surface area contributed by atoms with Gasteiger partial charge in [-0.1, -0.05) is 29.8 Å². The summed E-state index contributed by atoms with van der Waals surface area (Å²) in [7, 11) is 0. The molecule has 0 amide bonds. The van der Waals surface area contributed by atoms with E-state index < -0.39 is 0 Å². The van der Waals surface area contributed by atoms with Crippen LogP contribution >= 0.6 is 0 Å². The maximum Gasteiger partial charge on any atom is 0.123 e. The van der Waals surface area contributed by atoms with Crippen LogP contribution < -0.4 is 16.2 Å². The number of benzene rings is 2. The van der Waals surface area contributed by atoms with Gasteiger partial charge in [-0.15, -0.1) is 0 Å². The third-order valence-corrected chi connectivity index (χ3v) is 4.87. The van der Waals surface area contributed by atoms with Crippen molar-refractivity contribution in [3.8, 4) is 0 Å². The predicted octanol–water partition coefficient (Wildman–Crippen LogP) is 3.31. The quantitative estimate of drug-likeness (QED) is 0.788. The Morgan fingerprint density at radius 1 is 1.08 bits per heavy atom. The Kier molecular flexibility index (Phi) is 5.29. The highest BCUT2D eigenvalue weighted by atomic mass is 19.1. The lowest BCUT2D eigenvalue weighted by molar-refractivity contribution is 0.440. The number of nitrogens with one attached hydrogen (secondary N) is 3. The van der Waals surface area contributed by atoms with Crippen LogP contribution in [0.3, 0.4) is 0 Å². The first kappa shape index (κ1) is 17.1. The zero-order valence-electron chi connectivity index (χ0n) is 14.6. The van der Waals surface area contributed by atoms with E-state index in [1.807, 2.05) is 12.1 Å². The molecule has 128 valence electrons. The minimum atomic E-state index is -0.190. The van der Waals surface area contributed by atoms with Gasteiger partial charge in [0.25, 0.3) is 0 Å². The lowest BCUT2D eigenvalue weighted by Gasteiger charge is -2.20. The van der Waals surface area contributed by atoms with Gasteiger partial charge >= 0.3 is 0 Å². The van der Waals surface area contributed by atoms with Gasteiger partial charge < -0.3 is 5.32 Å². The van der Waals surface area contributed by atoms with E-state index in [-0.39, 0.29) is 11.9 Å². The van der Waals surface area contributed by atoms with Crippen molar-refractivity contribution >= 4 is 0 Å². The van der Waals surface area contributed by atoms with Gasteiger partial charge in [0, 0.05) is 25.6 Å². The molecule has 3 rings (SSSR count). The lowest BCUT2D eigenvalue weighted by atomic mass is 9.94. The first-order valence-electron chi connectivity index (χ1n) is 8.56. The molecule has 0 saturated carbocycles. The van der Waals surface area contributed by atoms with Crippen LogP contribution in [0.15, 0.2) is 36.4 Å². The standard InChI is InChI=1S/C20H26FN3/c1-13-8-14(2)19(15(3)9-13)12-22-10-17-11-23-24-20(17)16-4-6-18(21)7-5-16/h4-9,17,20,22-24H,10-12H2,1-3H3. The molecule has 0 aromatic heterocycles. The molecule has 1 fully saturated rings. The summed E-state index contributed by atoms with van der Waals surface area (Å²) in [6.45, 7) is 9.19. The Bertz CT molecular complexity index is 674. The minimum absolute atomic E-state index is 0.190. The van der Waals surface area contributed by atoms with E-state index in [1.165, 1.54) is 34.4 Å². The Morgan fingerprint density at radius 2 is 1.75 bits per heavy atom. The van der Waals surface area contributed by atoms with Crippen molar-refractivity contribution in [1.29, 1.82) is 0 Å². The maximum absolute atomic E-state index is 13.1. The van der Waals surface area contributed by atoms with Crippen LogP contribution in [0.2, 0.25) is 0 Å². The molecule has 0 radical (unpaired) electrons. The summed E-state index contributed by atoms with van der Waals surface area (Å²) in [5.74, 6) is 0.242. The summed E-state index contributed by atoms with van der Waals surface area (Å²) in [6.07, 6.45) is 0. The highest BCUT2D eigenvalue weighted by Gasteiger charge is 2.27. The molecular weight excluding hydrogens is 301 g/mol. The fourth-order valence-corrected chi connectivity index (χ4v) is 3.62. The van der Waals surface area contributed by atoms with Crippen molar-refractivity contribution in [2.75, 3.05) is 13.1 Å². The minimum Gasteiger partial charge on any atom is -0.312 e. The van der Waals surface area contributed by atoms with Crippen LogP contribution in [0.5, 0.6) is 0 Å². The van der Waals surface area contributed by atoms with Crippen LogP contribution in [-0.2, 0) is 6.54 Å². The summed E-state index contributed by atoms with van der Waals surface area (Å²) < 4.78 is 13.1. The van der Waals surface area contributed by atoms with Gasteiger partial charge in [-0.2, -0.15) is 0 Å². The highest BCUT2D eigenvalue weighted by Crippen LogP contribution is 2.25. The first-order valence-corrected chi connectivity index (χ1v) is 8.56. The van der Waals surface area contributed by atoms with E-state index in [0.717, 1.165) is 25.2 Å². The second-order valence-electron chi connectivity index (χ2n) is 6.82. The fraction of sp³-hybridized carbons (Fsp3) is 0.400. The molecule has 4 heteroatoms. The third-order valence-electron chi connectivity index (χ3n) is 4.87. The van der Waals surface area contributed by atoms with Crippen molar-refractivity contribution in [3.05, 3.63) is 70.0 Å². The van der Waals surface area contributed by atoms with Crippen LogP contribution in [0.1, 0.15) is 33.9 Å². The number of hydrogen-bond acceptors (Lipinski definition) is 3. The van der Waals surface area contributed by atoms with Crippen molar-refractivity contribution in [2.45, 2.75) is 33.4 Å². The van der Waals surface area contributed by atoms with Crippen LogP contribution in [0, 0.1) is 32.5 Å². The van der Waals surface area contributed by atoms with E-state index in [4.69, 9.17) is 0 Å². The number of halogens is 1. The molecule has 2 unspecified atom stereocenters. The summed E-state index contributed by atoms with van der Waals surface area (Å²) in [6, 6.07) is 11.5. The van der Waals surface area contributed by atoms with Gasteiger partial charge in [-0.05, 0) is 55.2 Å². The lowest BCUT2D eigenvalue weighted by Crippen LogP contribution is -2.29. The van der Waals surface area contributed by atoms with Gasteiger partial charge in [0.15, 0.2) is 0 Å². The van der Waals surface area contributed by atoms with Crippen LogP contribution in [-0.4, -0.2) is 13.1 Å². The summed E-state index contributed by atoms with van der Waals surface area (Å²) in [5.41, 5.74) is 13.1. The third kappa shape index (κ3) is 3.83. The SMILES string of the molecule is Cc1cc(C)c(CNCC2CNNC2c2ccc(F)cc2)c(C)c1. The zero-order valence-corrected chi connectivity index (χ0v) is 14.6. The molecule has 0 spiro atoms. The highest BCUT2D eigenvalue weighted by molar-refractivity contribution is 5.37. The Hall–Kier alpha value is -1.75. The molecule has 1 saturated heterocycles. The second kappa shape index (κ2) is 7.43. The van der Waals surface area contributed by atoms with Crippen molar-refractivity contribution in [1.82, 2.24) is 16.2 Å². The number of aryl methyl sites for hydroxylation is 3. The maximum atomic E-state index is 13.1. The van der Waals surface area contributed by atoms with E-state index in [1.54, 1.807) is 0 Å². The molecular formula is C20H26FN3. The predicted molar refractivity (Wildman–Crippen MR) is 96.1 cm³/mol. The molecule has 1 heterocycles. The Labute approximate surface area is 143 Å². The van der Waals surface area contributed by atoms with E-state index in [0.29, 0.717) is 5.92 Å². The monoisotopic (exact) mass is 327 g/mol. The van der Waals surface area contributed by atoms with E-state index in [2.05, 4.69) is 49.1 Å². The molecule has 2 atom stereocenters. The smallest absolute Gasteiger partial charge is 0.123 e. The summed E-state index contributed by atoms with van der Waals surface area (Å²) in [4.78, 5) is 0. The fourth-order valence-electron chi connectivity index (χ4n) is 3.62. The molecule has 3 N–H and O–H groups in total. The van der Waals surface area contributed by atoms with Crippen LogP contribution in [0.25, 0.3) is 0 Å². The van der Waals surface area contributed by atoms with Crippen molar-refractivity contribution in [3.63, 3.8) is 0 Å². The van der Waals surface area contributed by atoms with Crippen molar-refractivity contribution < 1.29 is 4.39 Å². The number of hydrazine groups is 1. The van der Waals surface area contributed by atoms with Crippen molar-refractivity contribution in [2.24, 2.45) is 5.92 Å². The molecule has 3 nitrogen and oxygen atoms in total. The van der Waals surface area contributed by atoms with Gasteiger partial charge in [0.05, 0.1) is 6.04 Å². The zero-order chi connectivity index (χ0) is 17.1. The largest absolute Gasteiger partial charge is 0.312 e. The molecule has 1 aliphatic rings. The number of rotatable bonds is 5. The number of hydrogen-bond donors (Lipinski definition) is 3. The van der Waals surface area contributed by atoms with Gasteiger partial charge in [-0.3, -0.25) is 5.43 Å². The Morgan fingerprint density at radius 3 is 2.42 bits per heavy atom. The summed E-state index contributed by atoms with van der Waals surface area (Å²) >= 11 is 0.